The van der Waals surface area contributed by atoms with Crippen molar-refractivity contribution in [3.8, 4) is 11.5 Å². The Bertz CT molecular complexity index is 526. The van der Waals surface area contributed by atoms with Crippen LogP contribution in [0.15, 0.2) is 18.2 Å². The maximum atomic E-state index is 11.0. The van der Waals surface area contributed by atoms with Gasteiger partial charge in [-0.15, -0.1) is 0 Å². The summed E-state index contributed by atoms with van der Waals surface area (Å²) >= 11 is 0. The molecular weight excluding hydrogens is 292 g/mol. The van der Waals surface area contributed by atoms with Gasteiger partial charge in [0.25, 0.3) is 0 Å². The molecule has 1 aromatic carbocycles. The summed E-state index contributed by atoms with van der Waals surface area (Å²) < 4.78 is 11.6. The molecule has 128 valence electrons. The lowest BCUT2D eigenvalue weighted by molar-refractivity contribution is -0.138. The Labute approximate surface area is 138 Å². The van der Waals surface area contributed by atoms with Crippen LogP contribution < -0.4 is 9.47 Å². The molecule has 3 atom stereocenters. The summed E-state index contributed by atoms with van der Waals surface area (Å²) in [7, 11) is 0. The molecule has 1 aliphatic rings. The normalized spacial score (nSPS) is 20.8. The van der Waals surface area contributed by atoms with E-state index in [0.29, 0.717) is 25.0 Å². The maximum absolute atomic E-state index is 11.0. The minimum atomic E-state index is -0.655. The summed E-state index contributed by atoms with van der Waals surface area (Å²) in [6.07, 6.45) is 3.65. The van der Waals surface area contributed by atoms with Crippen molar-refractivity contribution in [3.05, 3.63) is 23.8 Å². The van der Waals surface area contributed by atoms with E-state index in [0.717, 1.165) is 37.2 Å². The highest BCUT2D eigenvalue weighted by atomic mass is 16.5. The minimum absolute atomic E-state index is 0.138. The number of hydrogen-bond donors (Lipinski definition) is 1. The summed E-state index contributed by atoms with van der Waals surface area (Å²) in [5, 5.41) is 9.03. The van der Waals surface area contributed by atoms with Crippen LogP contribution in [0.3, 0.4) is 0 Å². The Morgan fingerprint density at radius 2 is 1.87 bits per heavy atom. The molecule has 3 unspecified atom stereocenters. The molecule has 1 saturated carbocycles. The molecular formula is C19H28O4. The lowest BCUT2D eigenvalue weighted by Crippen LogP contribution is -2.04. The molecule has 1 N–H and O–H groups in total. The van der Waals surface area contributed by atoms with Crippen molar-refractivity contribution < 1.29 is 19.4 Å². The molecule has 0 aromatic heterocycles. The van der Waals surface area contributed by atoms with Gasteiger partial charge in [-0.05, 0) is 55.2 Å². The van der Waals surface area contributed by atoms with Crippen LogP contribution in [0.25, 0.3) is 0 Å². The highest BCUT2D eigenvalue weighted by Gasteiger charge is 2.43. The van der Waals surface area contributed by atoms with Crippen LogP contribution >= 0.6 is 0 Å². The van der Waals surface area contributed by atoms with E-state index in [1.807, 2.05) is 6.07 Å². The van der Waals surface area contributed by atoms with E-state index >= 15 is 0 Å². The minimum Gasteiger partial charge on any atom is -0.490 e. The second-order valence-electron chi connectivity index (χ2n) is 6.48. The van der Waals surface area contributed by atoms with Crippen molar-refractivity contribution in [2.24, 2.45) is 11.8 Å². The van der Waals surface area contributed by atoms with Gasteiger partial charge in [-0.25, -0.2) is 0 Å². The monoisotopic (exact) mass is 320 g/mol. The van der Waals surface area contributed by atoms with E-state index in [2.05, 4.69) is 32.9 Å². The fraction of sp³-hybridized carbons (Fsp3) is 0.632. The van der Waals surface area contributed by atoms with Crippen molar-refractivity contribution in [1.82, 2.24) is 0 Å². The molecule has 0 spiro atoms. The molecule has 1 aromatic rings. The number of ether oxygens (including phenoxy) is 2. The van der Waals surface area contributed by atoms with Crippen LogP contribution in [0.4, 0.5) is 0 Å². The summed E-state index contributed by atoms with van der Waals surface area (Å²) in [6, 6.07) is 6.12. The zero-order valence-electron chi connectivity index (χ0n) is 14.4. The van der Waals surface area contributed by atoms with Crippen LogP contribution in [0.1, 0.15) is 57.9 Å². The van der Waals surface area contributed by atoms with Crippen LogP contribution in [-0.4, -0.2) is 24.3 Å². The van der Waals surface area contributed by atoms with Gasteiger partial charge in [0.05, 0.1) is 19.1 Å². The predicted molar refractivity (Wildman–Crippen MR) is 90.3 cm³/mol. The molecule has 0 radical (unpaired) electrons. The van der Waals surface area contributed by atoms with Gasteiger partial charge < -0.3 is 14.6 Å². The third kappa shape index (κ3) is 4.88. The highest BCUT2D eigenvalue weighted by molar-refractivity contribution is 5.73. The van der Waals surface area contributed by atoms with Gasteiger partial charge in [0, 0.05) is 0 Å². The number of hydrogen-bond acceptors (Lipinski definition) is 3. The van der Waals surface area contributed by atoms with Gasteiger partial charge in [0.2, 0.25) is 0 Å². The van der Waals surface area contributed by atoms with Gasteiger partial charge >= 0.3 is 5.97 Å². The third-order valence-electron chi connectivity index (χ3n) is 4.36. The molecule has 23 heavy (non-hydrogen) atoms. The number of benzene rings is 1. The van der Waals surface area contributed by atoms with Crippen molar-refractivity contribution in [3.63, 3.8) is 0 Å². The molecule has 0 bridgehead atoms. The first-order valence-corrected chi connectivity index (χ1v) is 8.69. The fourth-order valence-corrected chi connectivity index (χ4v) is 2.89. The van der Waals surface area contributed by atoms with Gasteiger partial charge in [-0.2, -0.15) is 0 Å². The third-order valence-corrected chi connectivity index (χ3v) is 4.36. The number of carboxylic acids is 1. The first-order chi connectivity index (χ1) is 11.1. The molecule has 1 fully saturated rings. The van der Waals surface area contributed by atoms with Gasteiger partial charge in [-0.1, -0.05) is 26.8 Å². The molecule has 4 nitrogen and oxygen atoms in total. The zero-order chi connectivity index (χ0) is 16.8. The average Bonchev–Trinajstić information content (AvgIpc) is 3.30. The molecule has 2 rings (SSSR count). The van der Waals surface area contributed by atoms with Crippen molar-refractivity contribution >= 4 is 5.97 Å². The summed E-state index contributed by atoms with van der Waals surface area (Å²) in [6.45, 7) is 7.67. The Kier molecular flexibility index (Phi) is 6.31. The standard InChI is InChI=1S/C19H28O4/c1-4-8-22-17-7-6-14(12-18(17)23-9-5-2)13(3)10-15-11-16(15)19(20)21/h6-7,12-13,15-16H,4-5,8-11H2,1-3H3,(H,20,21). The first kappa shape index (κ1) is 17.6. The quantitative estimate of drug-likeness (QED) is 0.690. The maximum Gasteiger partial charge on any atom is 0.306 e. The average molecular weight is 320 g/mol. The SMILES string of the molecule is CCCOc1ccc(C(C)CC2CC2C(=O)O)cc1OCCC. The van der Waals surface area contributed by atoms with Crippen molar-refractivity contribution in [1.29, 1.82) is 0 Å². The van der Waals surface area contributed by atoms with Crippen LogP contribution in [0, 0.1) is 11.8 Å². The molecule has 0 heterocycles. The van der Waals surface area contributed by atoms with Crippen LogP contribution in [-0.2, 0) is 4.79 Å². The van der Waals surface area contributed by atoms with E-state index in [1.54, 1.807) is 0 Å². The summed E-state index contributed by atoms with van der Waals surface area (Å²) in [5.74, 6) is 1.45. The van der Waals surface area contributed by atoms with Crippen LogP contribution in [0.2, 0.25) is 0 Å². The van der Waals surface area contributed by atoms with Gasteiger partial charge in [0.1, 0.15) is 0 Å². The number of rotatable bonds is 10. The fourth-order valence-electron chi connectivity index (χ4n) is 2.89. The second kappa shape index (κ2) is 8.23. The number of aliphatic carboxylic acids is 1. The predicted octanol–water partition coefficient (Wildman–Crippen LogP) is 4.48. The zero-order valence-corrected chi connectivity index (χ0v) is 14.4. The Morgan fingerprint density at radius 3 is 2.43 bits per heavy atom. The van der Waals surface area contributed by atoms with Crippen molar-refractivity contribution in [2.75, 3.05) is 13.2 Å². The molecule has 0 saturated heterocycles. The Morgan fingerprint density at radius 1 is 1.22 bits per heavy atom. The van der Waals surface area contributed by atoms with E-state index in [4.69, 9.17) is 14.6 Å². The topological polar surface area (TPSA) is 55.8 Å². The Hall–Kier alpha value is -1.71. The van der Waals surface area contributed by atoms with E-state index in [-0.39, 0.29) is 5.92 Å². The van der Waals surface area contributed by atoms with Crippen LogP contribution in [0.5, 0.6) is 11.5 Å². The van der Waals surface area contributed by atoms with E-state index in [1.165, 1.54) is 5.56 Å². The second-order valence-corrected chi connectivity index (χ2v) is 6.48. The molecule has 4 heteroatoms. The summed E-state index contributed by atoms with van der Waals surface area (Å²) in [5.41, 5.74) is 1.19. The van der Waals surface area contributed by atoms with Gasteiger partial charge in [0.15, 0.2) is 11.5 Å². The largest absolute Gasteiger partial charge is 0.490 e. The first-order valence-electron chi connectivity index (χ1n) is 8.69. The molecule has 1 aliphatic carbocycles. The van der Waals surface area contributed by atoms with E-state index in [9.17, 15) is 4.79 Å². The van der Waals surface area contributed by atoms with E-state index < -0.39 is 5.97 Å². The molecule has 0 amide bonds. The Balaban J connectivity index is 2.04. The smallest absolute Gasteiger partial charge is 0.306 e. The lowest BCUT2D eigenvalue weighted by atomic mass is 9.94. The summed E-state index contributed by atoms with van der Waals surface area (Å²) in [4.78, 5) is 11.0. The lowest BCUT2D eigenvalue weighted by Gasteiger charge is -2.17. The highest BCUT2D eigenvalue weighted by Crippen LogP contribution is 2.45. The van der Waals surface area contributed by atoms with Gasteiger partial charge in [-0.3, -0.25) is 4.79 Å². The molecule has 0 aliphatic heterocycles. The van der Waals surface area contributed by atoms with Crippen molar-refractivity contribution in [2.45, 2.75) is 52.4 Å². The number of carboxylic acid groups (broad SMARTS) is 1. The number of carbonyl (C=O) groups is 1.